The first-order valence-electron chi connectivity index (χ1n) is 4.46. The minimum absolute atomic E-state index is 0.0272. The van der Waals surface area contributed by atoms with Crippen molar-refractivity contribution in [2.24, 2.45) is 17.4 Å². The van der Waals surface area contributed by atoms with Gasteiger partial charge >= 0.3 is 0 Å². The van der Waals surface area contributed by atoms with Crippen molar-refractivity contribution in [2.45, 2.75) is 25.4 Å². The molecule has 0 aromatic carbocycles. The van der Waals surface area contributed by atoms with Gasteiger partial charge in [0.1, 0.15) is 11.6 Å². The average Bonchev–Trinajstić information content (AvgIpc) is 2.48. The lowest BCUT2D eigenvalue weighted by molar-refractivity contribution is -0.124. The molecule has 0 aromatic rings. The van der Waals surface area contributed by atoms with Crippen molar-refractivity contribution in [2.75, 3.05) is 0 Å². The van der Waals surface area contributed by atoms with Crippen molar-refractivity contribution in [1.82, 2.24) is 5.32 Å². The maximum absolute atomic E-state index is 11.3. The van der Waals surface area contributed by atoms with Crippen LogP contribution in [0.3, 0.4) is 0 Å². The first-order valence-corrected chi connectivity index (χ1v) is 4.46. The molecule has 78 valence electrons. The molecule has 1 aliphatic rings. The van der Waals surface area contributed by atoms with E-state index in [1.807, 2.05) is 13.8 Å². The number of rotatable bonds is 3. The van der Waals surface area contributed by atoms with Gasteiger partial charge in [-0.1, -0.05) is 26.0 Å². The molecule has 0 bridgehead atoms. The number of amides is 2. The van der Waals surface area contributed by atoms with Gasteiger partial charge in [-0.05, 0) is 5.92 Å². The first kappa shape index (κ1) is 10.7. The highest BCUT2D eigenvalue weighted by molar-refractivity contribution is 5.91. The molecule has 1 heterocycles. The molecule has 5 nitrogen and oxygen atoms in total. The molecule has 2 amide bonds. The lowest BCUT2D eigenvalue weighted by Crippen LogP contribution is -2.59. The van der Waals surface area contributed by atoms with E-state index in [9.17, 15) is 9.59 Å². The van der Waals surface area contributed by atoms with Gasteiger partial charge in [-0.25, -0.2) is 0 Å². The third kappa shape index (κ3) is 1.50. The Morgan fingerprint density at radius 3 is 2.21 bits per heavy atom. The molecule has 1 aliphatic heterocycles. The smallest absolute Gasteiger partial charge is 0.242 e. The number of nitrogens with one attached hydrogen (secondary N) is 1. The second-order valence-corrected chi connectivity index (χ2v) is 3.77. The predicted octanol–water partition coefficient (Wildman–Crippen LogP) is -1.12. The summed E-state index contributed by atoms with van der Waals surface area (Å²) in [4.78, 5) is 22.2. The summed E-state index contributed by atoms with van der Waals surface area (Å²) in [6, 6.07) is -0.607. The summed E-state index contributed by atoms with van der Waals surface area (Å²) in [6.45, 7) is 3.71. The largest absolute Gasteiger partial charge is 0.368 e. The van der Waals surface area contributed by atoms with E-state index in [4.69, 9.17) is 11.5 Å². The minimum atomic E-state index is -0.945. The van der Waals surface area contributed by atoms with E-state index in [1.54, 1.807) is 12.2 Å². The second-order valence-electron chi connectivity index (χ2n) is 3.77. The van der Waals surface area contributed by atoms with Crippen molar-refractivity contribution in [3.8, 4) is 0 Å². The fourth-order valence-corrected chi connectivity index (χ4v) is 1.56. The molecule has 0 saturated heterocycles. The van der Waals surface area contributed by atoms with Crippen molar-refractivity contribution in [1.29, 1.82) is 0 Å². The molecule has 0 saturated carbocycles. The van der Waals surface area contributed by atoms with Crippen LogP contribution >= 0.6 is 0 Å². The third-order valence-corrected chi connectivity index (χ3v) is 2.57. The second kappa shape index (κ2) is 3.42. The van der Waals surface area contributed by atoms with E-state index in [1.165, 1.54) is 0 Å². The van der Waals surface area contributed by atoms with Crippen LogP contribution in [0.25, 0.3) is 0 Å². The minimum Gasteiger partial charge on any atom is -0.368 e. The van der Waals surface area contributed by atoms with Crippen LogP contribution in [0.5, 0.6) is 0 Å². The zero-order chi connectivity index (χ0) is 10.9. The van der Waals surface area contributed by atoms with E-state index >= 15 is 0 Å². The standard InChI is InChI=1S/C9H15N3O2/c1-5(2)9(8(11)14)4-3-6(12-9)7(10)13/h3-6,12H,1-2H3,(H2,10,13)(H2,11,14). The fraction of sp³-hybridized carbons (Fsp3) is 0.556. The summed E-state index contributed by atoms with van der Waals surface area (Å²) in [5.41, 5.74) is 9.46. The summed E-state index contributed by atoms with van der Waals surface area (Å²) >= 11 is 0. The van der Waals surface area contributed by atoms with Crippen LogP contribution < -0.4 is 16.8 Å². The lowest BCUT2D eigenvalue weighted by Gasteiger charge is -2.30. The zero-order valence-corrected chi connectivity index (χ0v) is 8.28. The van der Waals surface area contributed by atoms with Crippen molar-refractivity contribution >= 4 is 11.8 Å². The third-order valence-electron chi connectivity index (χ3n) is 2.57. The van der Waals surface area contributed by atoms with Crippen LogP contribution in [0, 0.1) is 5.92 Å². The van der Waals surface area contributed by atoms with Crippen LogP contribution in [0.2, 0.25) is 0 Å². The Morgan fingerprint density at radius 1 is 1.43 bits per heavy atom. The predicted molar refractivity (Wildman–Crippen MR) is 52.0 cm³/mol. The number of carbonyl (C=O) groups excluding carboxylic acids is 2. The summed E-state index contributed by atoms with van der Waals surface area (Å²) < 4.78 is 0. The van der Waals surface area contributed by atoms with Crippen LogP contribution in [0.4, 0.5) is 0 Å². The molecule has 5 heteroatoms. The molecule has 1 rings (SSSR count). The van der Waals surface area contributed by atoms with Gasteiger partial charge < -0.3 is 11.5 Å². The summed E-state index contributed by atoms with van der Waals surface area (Å²) in [7, 11) is 0. The Kier molecular flexibility index (Phi) is 2.62. The number of hydrogen-bond donors (Lipinski definition) is 3. The average molecular weight is 197 g/mol. The zero-order valence-electron chi connectivity index (χ0n) is 8.28. The van der Waals surface area contributed by atoms with E-state index < -0.39 is 23.4 Å². The van der Waals surface area contributed by atoms with Gasteiger partial charge in [0.05, 0.1) is 0 Å². The maximum Gasteiger partial charge on any atom is 0.242 e. The van der Waals surface area contributed by atoms with Crippen LogP contribution in [0.1, 0.15) is 13.8 Å². The molecule has 0 spiro atoms. The lowest BCUT2D eigenvalue weighted by atomic mass is 9.87. The van der Waals surface area contributed by atoms with Crippen molar-refractivity contribution < 1.29 is 9.59 Å². The topological polar surface area (TPSA) is 98.2 Å². The van der Waals surface area contributed by atoms with Gasteiger partial charge in [-0.3, -0.25) is 14.9 Å². The molecule has 2 atom stereocenters. The van der Waals surface area contributed by atoms with E-state index in [0.29, 0.717) is 0 Å². The molecule has 0 aliphatic carbocycles. The Bertz CT molecular complexity index is 298. The number of primary amides is 2. The molecule has 0 fully saturated rings. The van der Waals surface area contributed by atoms with E-state index in [-0.39, 0.29) is 5.92 Å². The summed E-state index contributed by atoms with van der Waals surface area (Å²) in [5.74, 6) is -1.03. The van der Waals surface area contributed by atoms with E-state index in [0.717, 1.165) is 0 Å². The van der Waals surface area contributed by atoms with E-state index in [2.05, 4.69) is 5.32 Å². The Labute approximate surface area is 82.5 Å². The Morgan fingerprint density at radius 2 is 2.00 bits per heavy atom. The highest BCUT2D eigenvalue weighted by atomic mass is 16.2. The molecule has 14 heavy (non-hydrogen) atoms. The van der Waals surface area contributed by atoms with Crippen LogP contribution in [-0.2, 0) is 9.59 Å². The van der Waals surface area contributed by atoms with Crippen molar-refractivity contribution in [3.63, 3.8) is 0 Å². The number of nitrogens with two attached hydrogens (primary N) is 2. The number of carbonyl (C=O) groups is 2. The van der Waals surface area contributed by atoms with Gasteiger partial charge in [0.2, 0.25) is 11.8 Å². The van der Waals surface area contributed by atoms with Gasteiger partial charge in [0, 0.05) is 0 Å². The summed E-state index contributed by atoms with van der Waals surface area (Å²) in [5, 5.41) is 2.84. The maximum atomic E-state index is 11.3. The van der Waals surface area contributed by atoms with Crippen molar-refractivity contribution in [3.05, 3.63) is 12.2 Å². The molecule has 2 unspecified atom stereocenters. The van der Waals surface area contributed by atoms with Gasteiger partial charge in [-0.15, -0.1) is 0 Å². The Balaban J connectivity index is 2.93. The SMILES string of the molecule is CC(C)C1(C(N)=O)C=CC(C(N)=O)N1. The van der Waals surface area contributed by atoms with Gasteiger partial charge in [0.25, 0.3) is 0 Å². The summed E-state index contributed by atoms with van der Waals surface area (Å²) in [6.07, 6.45) is 3.20. The normalized spacial score (nSPS) is 30.9. The fourth-order valence-electron chi connectivity index (χ4n) is 1.56. The highest BCUT2D eigenvalue weighted by Gasteiger charge is 2.43. The van der Waals surface area contributed by atoms with Crippen LogP contribution in [-0.4, -0.2) is 23.4 Å². The quantitative estimate of drug-likeness (QED) is 0.500. The molecular formula is C9H15N3O2. The highest BCUT2D eigenvalue weighted by Crippen LogP contribution is 2.24. The number of hydrogen-bond acceptors (Lipinski definition) is 3. The Hall–Kier alpha value is -1.36. The molecule has 5 N–H and O–H groups in total. The van der Waals surface area contributed by atoms with Gasteiger partial charge in [-0.2, -0.15) is 0 Å². The van der Waals surface area contributed by atoms with Crippen LogP contribution in [0.15, 0.2) is 12.2 Å². The molecular weight excluding hydrogens is 182 g/mol. The first-order chi connectivity index (χ1) is 6.40. The monoisotopic (exact) mass is 197 g/mol. The molecule has 0 radical (unpaired) electrons. The molecule has 0 aromatic heterocycles. The van der Waals surface area contributed by atoms with Gasteiger partial charge in [0.15, 0.2) is 0 Å².